The Hall–Kier alpha value is -2.08. The van der Waals surface area contributed by atoms with Crippen LogP contribution in [0.2, 0.25) is 0 Å². The lowest BCUT2D eigenvalue weighted by Gasteiger charge is -2.02. The lowest BCUT2D eigenvalue weighted by atomic mass is 10.1. The number of hydrogen-bond acceptors (Lipinski definition) is 3. The summed E-state index contributed by atoms with van der Waals surface area (Å²) in [5, 5.41) is 12.3. The molecule has 0 N–H and O–H groups in total. The molecule has 3 aromatic rings. The Morgan fingerprint density at radius 2 is 2.00 bits per heavy atom. The second-order valence-electron chi connectivity index (χ2n) is 4.69. The zero-order chi connectivity index (χ0) is 14.8. The number of halogens is 2. The van der Waals surface area contributed by atoms with Crippen LogP contribution in [0.5, 0.6) is 0 Å². The fourth-order valence-corrected chi connectivity index (χ4v) is 2.38. The lowest BCUT2D eigenvalue weighted by Crippen LogP contribution is -2.05. The van der Waals surface area contributed by atoms with Crippen LogP contribution in [0.4, 0.5) is 4.39 Å². The van der Waals surface area contributed by atoms with Gasteiger partial charge in [-0.05, 0) is 29.8 Å². The van der Waals surface area contributed by atoms with Gasteiger partial charge in [-0.15, -0.1) is 10.2 Å². The molecule has 0 spiro atoms. The first-order chi connectivity index (χ1) is 10.1. The fraction of sp³-hybridized carbons (Fsp3) is 0.133. The van der Waals surface area contributed by atoms with Crippen LogP contribution in [0.1, 0.15) is 11.1 Å². The highest BCUT2D eigenvalue weighted by molar-refractivity contribution is 9.10. The maximum absolute atomic E-state index is 13.8. The van der Waals surface area contributed by atoms with Crippen LogP contribution in [-0.4, -0.2) is 20.2 Å². The van der Waals surface area contributed by atoms with Crippen LogP contribution < -0.4 is 0 Å². The third kappa shape index (κ3) is 3.00. The van der Waals surface area contributed by atoms with E-state index in [1.54, 1.807) is 12.1 Å². The molecule has 0 fully saturated rings. The zero-order valence-electron chi connectivity index (χ0n) is 11.3. The summed E-state index contributed by atoms with van der Waals surface area (Å²) in [4.78, 5) is 1.40. The zero-order valence-corrected chi connectivity index (χ0v) is 12.9. The van der Waals surface area contributed by atoms with Crippen LogP contribution in [-0.2, 0) is 6.54 Å². The van der Waals surface area contributed by atoms with Crippen LogP contribution >= 0.6 is 15.9 Å². The molecule has 0 bridgehead atoms. The molecule has 0 aliphatic heterocycles. The first kappa shape index (κ1) is 13.9. The van der Waals surface area contributed by atoms with Gasteiger partial charge in [-0.2, -0.15) is 4.80 Å². The van der Waals surface area contributed by atoms with E-state index in [1.807, 2.05) is 31.2 Å². The summed E-state index contributed by atoms with van der Waals surface area (Å²) in [5.74, 6) is 0.254. The first-order valence-electron chi connectivity index (χ1n) is 6.41. The topological polar surface area (TPSA) is 43.6 Å². The normalized spacial score (nSPS) is 10.8. The van der Waals surface area contributed by atoms with Crippen LogP contribution in [0.25, 0.3) is 11.4 Å². The van der Waals surface area contributed by atoms with Crippen molar-refractivity contribution in [2.45, 2.75) is 13.5 Å². The van der Waals surface area contributed by atoms with Crippen LogP contribution in [0, 0.1) is 12.7 Å². The van der Waals surface area contributed by atoms with E-state index in [2.05, 4.69) is 31.3 Å². The summed E-state index contributed by atoms with van der Waals surface area (Å²) >= 11 is 3.23. The maximum Gasteiger partial charge on any atom is 0.205 e. The van der Waals surface area contributed by atoms with Crippen molar-refractivity contribution in [3.8, 4) is 11.4 Å². The van der Waals surface area contributed by atoms with Gasteiger partial charge in [0.15, 0.2) is 0 Å². The summed E-state index contributed by atoms with van der Waals surface area (Å²) in [5.41, 5.74) is 2.53. The average molecular weight is 347 g/mol. The average Bonchev–Trinajstić information content (AvgIpc) is 2.91. The Morgan fingerprint density at radius 3 is 2.76 bits per heavy atom. The van der Waals surface area contributed by atoms with E-state index in [9.17, 15) is 4.39 Å². The van der Waals surface area contributed by atoms with Gasteiger partial charge in [-0.25, -0.2) is 4.39 Å². The molecule has 0 aliphatic carbocycles. The SMILES string of the molecule is Cc1ccccc1-c1nnn(Cc2ccc(Br)cc2F)n1. The molecule has 3 rings (SSSR count). The van der Waals surface area contributed by atoms with Crippen molar-refractivity contribution in [2.24, 2.45) is 0 Å². The van der Waals surface area contributed by atoms with Gasteiger partial charge in [0, 0.05) is 15.6 Å². The minimum atomic E-state index is -0.292. The second-order valence-corrected chi connectivity index (χ2v) is 5.61. The summed E-state index contributed by atoms with van der Waals surface area (Å²) < 4.78 is 14.5. The van der Waals surface area contributed by atoms with E-state index in [-0.39, 0.29) is 12.4 Å². The molecular formula is C15H12BrFN4. The van der Waals surface area contributed by atoms with E-state index in [1.165, 1.54) is 10.9 Å². The van der Waals surface area contributed by atoms with Crippen LogP contribution in [0.3, 0.4) is 0 Å². The maximum atomic E-state index is 13.8. The molecule has 0 atom stereocenters. The molecule has 1 heterocycles. The molecule has 0 aliphatic rings. The Labute approximate surface area is 129 Å². The molecular weight excluding hydrogens is 335 g/mol. The summed E-state index contributed by atoms with van der Waals surface area (Å²) in [6.07, 6.45) is 0. The molecule has 21 heavy (non-hydrogen) atoms. The summed E-state index contributed by atoms with van der Waals surface area (Å²) in [7, 11) is 0. The Kier molecular flexibility index (Phi) is 3.79. The van der Waals surface area contributed by atoms with Gasteiger partial charge >= 0.3 is 0 Å². The Morgan fingerprint density at radius 1 is 1.19 bits per heavy atom. The van der Waals surface area contributed by atoms with Gasteiger partial charge < -0.3 is 0 Å². The first-order valence-corrected chi connectivity index (χ1v) is 7.20. The van der Waals surface area contributed by atoms with Gasteiger partial charge in [-0.3, -0.25) is 0 Å². The van der Waals surface area contributed by atoms with Crippen molar-refractivity contribution >= 4 is 15.9 Å². The van der Waals surface area contributed by atoms with E-state index in [4.69, 9.17) is 0 Å². The third-order valence-electron chi connectivity index (χ3n) is 3.17. The van der Waals surface area contributed by atoms with E-state index in [0.717, 1.165) is 11.1 Å². The lowest BCUT2D eigenvalue weighted by molar-refractivity contribution is 0.538. The van der Waals surface area contributed by atoms with Crippen LogP contribution in [0.15, 0.2) is 46.9 Å². The van der Waals surface area contributed by atoms with Crippen molar-refractivity contribution in [2.75, 3.05) is 0 Å². The molecule has 0 saturated carbocycles. The van der Waals surface area contributed by atoms with E-state index >= 15 is 0 Å². The molecule has 0 unspecified atom stereocenters. The quantitative estimate of drug-likeness (QED) is 0.727. The van der Waals surface area contributed by atoms with E-state index < -0.39 is 0 Å². The molecule has 6 heteroatoms. The minimum absolute atomic E-state index is 0.248. The van der Waals surface area contributed by atoms with Crippen molar-refractivity contribution in [1.82, 2.24) is 20.2 Å². The van der Waals surface area contributed by atoms with Crippen molar-refractivity contribution < 1.29 is 4.39 Å². The second kappa shape index (κ2) is 5.73. The van der Waals surface area contributed by atoms with Crippen molar-refractivity contribution in [3.63, 3.8) is 0 Å². The molecule has 4 nitrogen and oxygen atoms in total. The van der Waals surface area contributed by atoms with Crippen molar-refractivity contribution in [3.05, 3.63) is 63.9 Å². The highest BCUT2D eigenvalue weighted by atomic mass is 79.9. The predicted octanol–water partition coefficient (Wildman–Crippen LogP) is 3.60. The van der Waals surface area contributed by atoms with Crippen molar-refractivity contribution in [1.29, 1.82) is 0 Å². The highest BCUT2D eigenvalue weighted by Crippen LogP contribution is 2.19. The number of tetrazole rings is 1. The number of aromatic nitrogens is 4. The molecule has 1 aromatic heterocycles. The Balaban J connectivity index is 1.87. The molecule has 0 amide bonds. The number of nitrogens with zero attached hydrogens (tertiary/aromatic N) is 4. The molecule has 2 aromatic carbocycles. The number of benzene rings is 2. The Bertz CT molecular complexity index is 785. The highest BCUT2D eigenvalue weighted by Gasteiger charge is 2.10. The summed E-state index contributed by atoms with van der Waals surface area (Å²) in [6.45, 7) is 2.24. The predicted molar refractivity (Wildman–Crippen MR) is 81.2 cm³/mol. The largest absolute Gasteiger partial charge is 0.207 e. The summed E-state index contributed by atoms with van der Waals surface area (Å²) in [6, 6.07) is 12.7. The molecule has 0 radical (unpaired) electrons. The molecule has 0 saturated heterocycles. The van der Waals surface area contributed by atoms with Gasteiger partial charge in [0.05, 0.1) is 6.54 Å². The number of rotatable bonds is 3. The standard InChI is InChI=1S/C15H12BrFN4/c1-10-4-2-3-5-13(10)15-18-20-21(19-15)9-11-6-7-12(16)8-14(11)17/h2-8H,9H2,1H3. The molecule has 106 valence electrons. The van der Waals surface area contributed by atoms with E-state index in [0.29, 0.717) is 15.9 Å². The monoisotopic (exact) mass is 346 g/mol. The number of hydrogen-bond donors (Lipinski definition) is 0. The third-order valence-corrected chi connectivity index (χ3v) is 3.66. The van der Waals surface area contributed by atoms with Gasteiger partial charge in [0.25, 0.3) is 0 Å². The fourth-order valence-electron chi connectivity index (χ4n) is 2.04. The van der Waals surface area contributed by atoms with Gasteiger partial charge in [-0.1, -0.05) is 46.3 Å². The van der Waals surface area contributed by atoms with Gasteiger partial charge in [0.2, 0.25) is 5.82 Å². The van der Waals surface area contributed by atoms with Gasteiger partial charge in [0.1, 0.15) is 5.82 Å². The minimum Gasteiger partial charge on any atom is -0.207 e. The smallest absolute Gasteiger partial charge is 0.205 e. The number of aryl methyl sites for hydroxylation is 1.